The monoisotopic (exact) mass is 697 g/mol. The third-order valence-corrected chi connectivity index (χ3v) is 8.76. The molecule has 2 aliphatic rings. The van der Waals surface area contributed by atoms with Gasteiger partial charge < -0.3 is 0 Å². The minimum absolute atomic E-state index is 0.0528. The van der Waals surface area contributed by atoms with Crippen molar-refractivity contribution in [3.05, 3.63) is 148 Å². The maximum Gasteiger partial charge on any atom is 0.416 e. The lowest BCUT2D eigenvalue weighted by atomic mass is 9.72. The first-order valence-electron chi connectivity index (χ1n) is 15.1. The Balaban J connectivity index is 1.38. The number of allylic oxidation sites excluding steroid dienone is 4. The first-order valence-corrected chi connectivity index (χ1v) is 15.1. The molecular formula is C37H21F10N3. The van der Waals surface area contributed by atoms with Gasteiger partial charge in [0.15, 0.2) is 23.6 Å². The van der Waals surface area contributed by atoms with Crippen LogP contribution in [0.3, 0.4) is 0 Å². The van der Waals surface area contributed by atoms with Crippen LogP contribution < -0.4 is 0 Å². The van der Waals surface area contributed by atoms with Crippen LogP contribution in [0.2, 0.25) is 0 Å². The highest BCUT2D eigenvalue weighted by Crippen LogP contribution is 2.53. The van der Waals surface area contributed by atoms with Crippen LogP contribution in [-0.4, -0.2) is 21.1 Å². The zero-order valence-corrected chi connectivity index (χ0v) is 25.3. The Morgan fingerprint density at radius 3 is 1.64 bits per heavy atom. The second-order valence-corrected chi connectivity index (χ2v) is 11.8. The molecule has 0 saturated heterocycles. The molecule has 0 saturated carbocycles. The van der Waals surface area contributed by atoms with E-state index in [4.69, 9.17) is 0 Å². The Morgan fingerprint density at radius 1 is 0.580 bits per heavy atom. The molecule has 50 heavy (non-hydrogen) atoms. The third kappa shape index (κ3) is 5.84. The normalized spacial score (nSPS) is 19.4. The molecular weight excluding hydrogens is 676 g/mol. The standard InChI is InChI=1S/C37H21F10N3/c38-29-27(26-16-20-15-21(36(42,43)44)11-13-23(20)24-14-12-22(17-25(24)26)37(45,46)47)30(39)32(41)28(31(29)40)35-49-33(18-7-3-1-4-8-18)48-34(50-35)19-9-5-2-6-10-19/h1-15,17,26,28,31H,16H2. The van der Waals surface area contributed by atoms with Crippen molar-refractivity contribution in [3.8, 4) is 33.9 Å². The molecule has 7 rings (SSSR count). The zero-order chi connectivity index (χ0) is 35.5. The number of fused-ring (bicyclic) bond motifs is 3. The summed E-state index contributed by atoms with van der Waals surface area (Å²) in [6, 6.07) is 21.1. The fourth-order valence-electron chi connectivity index (χ4n) is 6.38. The predicted octanol–water partition coefficient (Wildman–Crippen LogP) is 11.1. The molecule has 0 spiro atoms. The van der Waals surface area contributed by atoms with Gasteiger partial charge in [-0.25, -0.2) is 32.5 Å². The number of alkyl halides is 7. The largest absolute Gasteiger partial charge is 0.416 e. The van der Waals surface area contributed by atoms with Crippen LogP contribution in [-0.2, 0) is 18.8 Å². The number of aromatic nitrogens is 3. The molecule has 0 fully saturated rings. The molecule has 5 aromatic rings. The second kappa shape index (κ2) is 12.2. The minimum atomic E-state index is -4.92. The topological polar surface area (TPSA) is 38.7 Å². The summed E-state index contributed by atoms with van der Waals surface area (Å²) in [7, 11) is 0. The van der Waals surface area contributed by atoms with Gasteiger partial charge in [-0.3, -0.25) is 0 Å². The van der Waals surface area contributed by atoms with Crippen molar-refractivity contribution < 1.29 is 43.9 Å². The van der Waals surface area contributed by atoms with E-state index in [1.54, 1.807) is 60.7 Å². The Bertz CT molecular complexity index is 2120. The summed E-state index contributed by atoms with van der Waals surface area (Å²) in [5, 5.41) is 0. The molecule has 2 aliphatic carbocycles. The first kappa shape index (κ1) is 33.2. The molecule has 1 heterocycles. The van der Waals surface area contributed by atoms with Crippen LogP contribution in [0.5, 0.6) is 0 Å². The van der Waals surface area contributed by atoms with Gasteiger partial charge in [-0.1, -0.05) is 72.8 Å². The van der Waals surface area contributed by atoms with Crippen LogP contribution in [0.1, 0.15) is 39.9 Å². The summed E-state index contributed by atoms with van der Waals surface area (Å²) < 4.78 is 147. The summed E-state index contributed by atoms with van der Waals surface area (Å²) in [6.07, 6.45) is -13.4. The average Bonchev–Trinajstić information content (AvgIpc) is 3.10. The Labute approximate surface area is 277 Å². The van der Waals surface area contributed by atoms with Gasteiger partial charge in [0, 0.05) is 22.6 Å². The zero-order valence-electron chi connectivity index (χ0n) is 25.3. The maximum absolute atomic E-state index is 16.3. The van der Waals surface area contributed by atoms with Crippen molar-refractivity contribution in [2.45, 2.75) is 36.8 Å². The molecule has 254 valence electrons. The van der Waals surface area contributed by atoms with Crippen LogP contribution >= 0.6 is 0 Å². The fraction of sp³-hybridized carbons (Fsp3) is 0.162. The van der Waals surface area contributed by atoms with Crippen LogP contribution in [0.25, 0.3) is 33.9 Å². The van der Waals surface area contributed by atoms with E-state index in [9.17, 15) is 26.3 Å². The second-order valence-electron chi connectivity index (χ2n) is 11.8. The average molecular weight is 698 g/mol. The number of hydrogen-bond acceptors (Lipinski definition) is 3. The lowest BCUT2D eigenvalue weighted by molar-refractivity contribution is -0.138. The van der Waals surface area contributed by atoms with Crippen molar-refractivity contribution in [1.82, 2.24) is 15.0 Å². The van der Waals surface area contributed by atoms with Gasteiger partial charge in [0.25, 0.3) is 0 Å². The highest BCUT2D eigenvalue weighted by Gasteiger charge is 2.46. The lowest BCUT2D eigenvalue weighted by Crippen LogP contribution is -2.28. The summed E-state index contributed by atoms with van der Waals surface area (Å²) in [5.74, 6) is -10.5. The summed E-state index contributed by atoms with van der Waals surface area (Å²) in [4.78, 5) is 12.7. The summed E-state index contributed by atoms with van der Waals surface area (Å²) in [5.41, 5.74) is -3.25. The van der Waals surface area contributed by atoms with Crippen LogP contribution in [0, 0.1) is 0 Å². The predicted molar refractivity (Wildman–Crippen MR) is 164 cm³/mol. The molecule has 4 aromatic carbocycles. The molecule has 0 aliphatic heterocycles. The molecule has 3 unspecified atom stereocenters. The Morgan fingerprint density at radius 2 is 1.10 bits per heavy atom. The van der Waals surface area contributed by atoms with Gasteiger partial charge in [0.05, 0.1) is 11.1 Å². The van der Waals surface area contributed by atoms with Gasteiger partial charge in [-0.15, -0.1) is 0 Å². The summed E-state index contributed by atoms with van der Waals surface area (Å²) in [6.45, 7) is 0. The van der Waals surface area contributed by atoms with Gasteiger partial charge >= 0.3 is 12.4 Å². The first-order chi connectivity index (χ1) is 23.7. The lowest BCUT2D eigenvalue weighted by Gasteiger charge is -2.33. The SMILES string of the molecule is FC1=C(F)C(c2nc(-c3ccccc3)nc(-c3ccccc3)n2)C(F)C(F)=C1C1Cc2cc(C(F)(F)F)ccc2-c2ccc(C(F)(F)F)cc21. The minimum Gasteiger partial charge on any atom is -0.238 e. The molecule has 3 atom stereocenters. The maximum atomic E-state index is 16.3. The van der Waals surface area contributed by atoms with E-state index in [1.165, 1.54) is 0 Å². The van der Waals surface area contributed by atoms with E-state index < -0.39 is 76.8 Å². The molecule has 1 aromatic heterocycles. The van der Waals surface area contributed by atoms with E-state index in [2.05, 4.69) is 15.0 Å². The highest BCUT2D eigenvalue weighted by molar-refractivity contribution is 5.77. The van der Waals surface area contributed by atoms with Crippen molar-refractivity contribution in [1.29, 1.82) is 0 Å². The quantitative estimate of drug-likeness (QED) is 0.176. The molecule has 0 amide bonds. The number of rotatable bonds is 4. The number of halogens is 10. The van der Waals surface area contributed by atoms with Crippen molar-refractivity contribution in [2.75, 3.05) is 0 Å². The van der Waals surface area contributed by atoms with Crippen LogP contribution in [0.4, 0.5) is 43.9 Å². The number of benzene rings is 4. The van der Waals surface area contributed by atoms with Gasteiger partial charge in [-0.05, 0) is 52.9 Å². The van der Waals surface area contributed by atoms with E-state index in [1.807, 2.05) is 0 Å². The molecule has 0 bridgehead atoms. The number of nitrogens with zero attached hydrogens (tertiary/aromatic N) is 3. The summed E-state index contributed by atoms with van der Waals surface area (Å²) >= 11 is 0. The van der Waals surface area contributed by atoms with Crippen molar-refractivity contribution in [2.24, 2.45) is 0 Å². The van der Waals surface area contributed by atoms with E-state index in [0.29, 0.717) is 29.3 Å². The van der Waals surface area contributed by atoms with Gasteiger partial charge in [0.2, 0.25) is 0 Å². The smallest absolute Gasteiger partial charge is 0.238 e. The van der Waals surface area contributed by atoms with Gasteiger partial charge in [-0.2, -0.15) is 26.3 Å². The third-order valence-electron chi connectivity index (χ3n) is 8.76. The van der Waals surface area contributed by atoms with Crippen molar-refractivity contribution >= 4 is 0 Å². The molecule has 13 heteroatoms. The number of hydrogen-bond donors (Lipinski definition) is 0. The highest BCUT2D eigenvalue weighted by atomic mass is 19.4. The Kier molecular flexibility index (Phi) is 8.11. The molecule has 3 nitrogen and oxygen atoms in total. The molecule has 0 N–H and O–H groups in total. The fourth-order valence-corrected chi connectivity index (χ4v) is 6.38. The van der Waals surface area contributed by atoms with E-state index >= 15 is 17.6 Å². The molecule has 0 radical (unpaired) electrons. The van der Waals surface area contributed by atoms with E-state index in [-0.39, 0.29) is 33.9 Å². The van der Waals surface area contributed by atoms with Gasteiger partial charge in [0.1, 0.15) is 23.4 Å². The van der Waals surface area contributed by atoms with Crippen LogP contribution in [0.15, 0.2) is 120 Å². The van der Waals surface area contributed by atoms with E-state index in [0.717, 1.165) is 18.2 Å². The van der Waals surface area contributed by atoms with Crippen molar-refractivity contribution in [3.63, 3.8) is 0 Å². The Hall–Kier alpha value is -5.33.